The predicted molar refractivity (Wildman–Crippen MR) is 92.9 cm³/mol. The van der Waals surface area contributed by atoms with Crippen LogP contribution in [0.4, 0.5) is 5.69 Å². The van der Waals surface area contributed by atoms with Gasteiger partial charge < -0.3 is 10.1 Å². The second-order valence-electron chi connectivity index (χ2n) is 5.30. The van der Waals surface area contributed by atoms with E-state index in [1.54, 1.807) is 18.7 Å². The topological polar surface area (TPSA) is 38.3 Å². The number of rotatable bonds is 5. The first-order chi connectivity index (χ1) is 10.5. The van der Waals surface area contributed by atoms with Crippen LogP contribution in [0.1, 0.15) is 18.1 Å². The molecule has 1 atom stereocenters. The van der Waals surface area contributed by atoms with E-state index in [1.165, 1.54) is 0 Å². The van der Waals surface area contributed by atoms with Gasteiger partial charge in [-0.3, -0.25) is 4.79 Å². The highest BCUT2D eigenvalue weighted by molar-refractivity contribution is 7.98. The minimum Gasteiger partial charge on any atom is -0.481 e. The zero-order chi connectivity index (χ0) is 16.1. The Morgan fingerprint density at radius 1 is 1.14 bits per heavy atom. The average Bonchev–Trinajstić information content (AvgIpc) is 2.46. The lowest BCUT2D eigenvalue weighted by Gasteiger charge is -2.16. The van der Waals surface area contributed by atoms with E-state index >= 15 is 0 Å². The van der Waals surface area contributed by atoms with Crippen molar-refractivity contribution < 1.29 is 9.53 Å². The fourth-order valence-electron chi connectivity index (χ4n) is 2.20. The molecule has 2 aromatic rings. The van der Waals surface area contributed by atoms with Crippen LogP contribution in [0, 0.1) is 13.8 Å². The summed E-state index contributed by atoms with van der Waals surface area (Å²) in [5, 5.41) is 2.89. The summed E-state index contributed by atoms with van der Waals surface area (Å²) in [6.07, 6.45) is 1.45. The summed E-state index contributed by atoms with van der Waals surface area (Å²) >= 11 is 1.64. The molecule has 2 rings (SSSR count). The first kappa shape index (κ1) is 16.4. The highest BCUT2D eigenvalue weighted by Crippen LogP contribution is 2.20. The Hall–Kier alpha value is -1.94. The van der Waals surface area contributed by atoms with E-state index in [0.29, 0.717) is 0 Å². The number of thioether (sulfide) groups is 1. The van der Waals surface area contributed by atoms with Gasteiger partial charge in [-0.25, -0.2) is 0 Å². The standard InChI is InChI=1S/C18H21NO2S/c1-12-8-13(2)10-16(9-12)21-14(3)18(20)19-15-6-5-7-17(11-15)22-4/h5-11,14H,1-4H3,(H,19,20)/t14-/m1/s1. The molecule has 0 saturated heterocycles. The van der Waals surface area contributed by atoms with Crippen molar-refractivity contribution in [1.82, 2.24) is 0 Å². The average molecular weight is 315 g/mol. The fraction of sp³-hybridized carbons (Fsp3) is 0.278. The summed E-state index contributed by atoms with van der Waals surface area (Å²) in [7, 11) is 0. The van der Waals surface area contributed by atoms with Crippen LogP contribution >= 0.6 is 11.8 Å². The summed E-state index contributed by atoms with van der Waals surface area (Å²) in [6.45, 7) is 5.78. The van der Waals surface area contributed by atoms with Crippen molar-refractivity contribution >= 4 is 23.4 Å². The fourth-order valence-corrected chi connectivity index (χ4v) is 2.66. The lowest BCUT2D eigenvalue weighted by Crippen LogP contribution is -2.30. The van der Waals surface area contributed by atoms with Crippen LogP contribution in [0.15, 0.2) is 47.4 Å². The quantitative estimate of drug-likeness (QED) is 0.829. The molecule has 2 aromatic carbocycles. The Kier molecular flexibility index (Phi) is 5.50. The maximum absolute atomic E-state index is 12.2. The van der Waals surface area contributed by atoms with Gasteiger partial charge in [0.1, 0.15) is 5.75 Å². The van der Waals surface area contributed by atoms with Gasteiger partial charge in [0.15, 0.2) is 6.10 Å². The van der Waals surface area contributed by atoms with Crippen molar-refractivity contribution in [2.45, 2.75) is 31.8 Å². The number of amides is 1. The van der Waals surface area contributed by atoms with Crippen LogP contribution in [0.25, 0.3) is 0 Å². The molecule has 4 heteroatoms. The maximum atomic E-state index is 12.2. The maximum Gasteiger partial charge on any atom is 0.265 e. The largest absolute Gasteiger partial charge is 0.481 e. The van der Waals surface area contributed by atoms with Crippen LogP contribution in [0.5, 0.6) is 5.75 Å². The van der Waals surface area contributed by atoms with Gasteiger partial charge in [-0.2, -0.15) is 0 Å². The zero-order valence-corrected chi connectivity index (χ0v) is 14.2. The van der Waals surface area contributed by atoms with Crippen molar-refractivity contribution in [3.63, 3.8) is 0 Å². The van der Waals surface area contributed by atoms with Crippen LogP contribution in [0.2, 0.25) is 0 Å². The predicted octanol–water partition coefficient (Wildman–Crippen LogP) is 4.43. The number of hydrogen-bond acceptors (Lipinski definition) is 3. The third-order valence-electron chi connectivity index (χ3n) is 3.21. The molecule has 116 valence electrons. The van der Waals surface area contributed by atoms with Gasteiger partial charge in [0.05, 0.1) is 0 Å². The number of carbonyl (C=O) groups is 1. The highest BCUT2D eigenvalue weighted by atomic mass is 32.2. The molecule has 1 N–H and O–H groups in total. The number of hydrogen-bond donors (Lipinski definition) is 1. The van der Waals surface area contributed by atoms with Crippen LogP contribution in [-0.4, -0.2) is 18.3 Å². The number of benzene rings is 2. The minimum absolute atomic E-state index is 0.155. The van der Waals surface area contributed by atoms with Gasteiger partial charge in [0.25, 0.3) is 5.91 Å². The lowest BCUT2D eigenvalue weighted by molar-refractivity contribution is -0.122. The number of nitrogens with one attached hydrogen (secondary N) is 1. The molecule has 1 amide bonds. The Bertz CT molecular complexity index is 650. The molecule has 0 aliphatic heterocycles. The second-order valence-corrected chi connectivity index (χ2v) is 6.18. The molecule has 0 aliphatic rings. The van der Waals surface area contributed by atoms with Gasteiger partial charge in [-0.05, 0) is 68.5 Å². The monoisotopic (exact) mass is 315 g/mol. The minimum atomic E-state index is -0.556. The second kappa shape index (κ2) is 7.36. The van der Waals surface area contributed by atoms with E-state index < -0.39 is 6.10 Å². The first-order valence-corrected chi connectivity index (χ1v) is 8.40. The van der Waals surface area contributed by atoms with E-state index in [9.17, 15) is 4.79 Å². The molecule has 0 fully saturated rings. The van der Waals surface area contributed by atoms with Gasteiger partial charge in [-0.15, -0.1) is 11.8 Å². The van der Waals surface area contributed by atoms with E-state index in [0.717, 1.165) is 27.5 Å². The van der Waals surface area contributed by atoms with Crippen LogP contribution in [0.3, 0.4) is 0 Å². The first-order valence-electron chi connectivity index (χ1n) is 7.18. The normalized spacial score (nSPS) is 11.8. The number of anilines is 1. The molecule has 0 heterocycles. The summed E-state index contributed by atoms with van der Waals surface area (Å²) in [4.78, 5) is 13.4. The smallest absolute Gasteiger partial charge is 0.265 e. The van der Waals surface area contributed by atoms with Crippen LogP contribution in [-0.2, 0) is 4.79 Å². The molecule has 0 unspecified atom stereocenters. The summed E-state index contributed by atoms with van der Waals surface area (Å²) in [6, 6.07) is 13.7. The molecule has 0 aromatic heterocycles. The molecule has 3 nitrogen and oxygen atoms in total. The van der Waals surface area contributed by atoms with Crippen LogP contribution < -0.4 is 10.1 Å². The van der Waals surface area contributed by atoms with E-state index in [-0.39, 0.29) is 5.91 Å². The van der Waals surface area contributed by atoms with E-state index in [4.69, 9.17) is 4.74 Å². The molecule has 22 heavy (non-hydrogen) atoms. The van der Waals surface area contributed by atoms with Gasteiger partial charge in [-0.1, -0.05) is 12.1 Å². The number of ether oxygens (including phenoxy) is 1. The number of aryl methyl sites for hydroxylation is 2. The van der Waals surface area contributed by atoms with Crippen molar-refractivity contribution in [2.75, 3.05) is 11.6 Å². The van der Waals surface area contributed by atoms with Crippen molar-refractivity contribution in [3.8, 4) is 5.75 Å². The Morgan fingerprint density at radius 2 is 1.82 bits per heavy atom. The summed E-state index contributed by atoms with van der Waals surface area (Å²) < 4.78 is 5.75. The lowest BCUT2D eigenvalue weighted by atomic mass is 10.1. The van der Waals surface area contributed by atoms with Crippen molar-refractivity contribution in [3.05, 3.63) is 53.6 Å². The van der Waals surface area contributed by atoms with Gasteiger partial charge in [0.2, 0.25) is 0 Å². The molecular weight excluding hydrogens is 294 g/mol. The van der Waals surface area contributed by atoms with E-state index in [1.807, 2.05) is 56.5 Å². The molecule has 0 spiro atoms. The Balaban J connectivity index is 2.02. The van der Waals surface area contributed by atoms with E-state index in [2.05, 4.69) is 11.4 Å². The Labute approximate surface area is 136 Å². The summed E-state index contributed by atoms with van der Waals surface area (Å²) in [5.41, 5.74) is 3.03. The molecule has 0 saturated carbocycles. The Morgan fingerprint density at radius 3 is 2.45 bits per heavy atom. The SMILES string of the molecule is CSc1cccc(NC(=O)[C@@H](C)Oc2cc(C)cc(C)c2)c1. The van der Waals surface area contributed by atoms with Gasteiger partial charge >= 0.3 is 0 Å². The third kappa shape index (κ3) is 4.53. The summed E-state index contributed by atoms with van der Waals surface area (Å²) in [5.74, 6) is 0.565. The van der Waals surface area contributed by atoms with Crippen molar-refractivity contribution in [2.24, 2.45) is 0 Å². The highest BCUT2D eigenvalue weighted by Gasteiger charge is 2.15. The van der Waals surface area contributed by atoms with Gasteiger partial charge in [0, 0.05) is 10.6 Å². The molecule has 0 radical (unpaired) electrons. The molecule has 0 bridgehead atoms. The third-order valence-corrected chi connectivity index (χ3v) is 3.94. The van der Waals surface area contributed by atoms with Crippen molar-refractivity contribution in [1.29, 1.82) is 0 Å². The number of carbonyl (C=O) groups excluding carboxylic acids is 1. The molecular formula is C18H21NO2S. The molecule has 0 aliphatic carbocycles. The zero-order valence-electron chi connectivity index (χ0n) is 13.3.